The van der Waals surface area contributed by atoms with Gasteiger partial charge in [-0.15, -0.1) is 0 Å². The number of aromatic nitrogens is 2. The zero-order chi connectivity index (χ0) is 17.1. The molecule has 2 aromatic rings. The average Bonchev–Trinajstić information content (AvgIpc) is 3.21. The van der Waals surface area contributed by atoms with Crippen LogP contribution in [0.3, 0.4) is 0 Å². The molecule has 0 unspecified atom stereocenters. The molecule has 3 rings (SSSR count). The van der Waals surface area contributed by atoms with E-state index in [1.165, 1.54) is 0 Å². The molecule has 1 saturated heterocycles. The number of nitrogens with zero attached hydrogens (tertiary/aromatic N) is 2. The van der Waals surface area contributed by atoms with Crippen LogP contribution in [0.2, 0.25) is 0 Å². The Morgan fingerprint density at radius 2 is 2.33 bits per heavy atom. The highest BCUT2D eigenvalue weighted by Crippen LogP contribution is 2.33. The van der Waals surface area contributed by atoms with Crippen LogP contribution in [0.5, 0.6) is 5.75 Å². The third-order valence-electron chi connectivity index (χ3n) is 4.46. The Labute approximate surface area is 141 Å². The van der Waals surface area contributed by atoms with E-state index in [1.54, 1.807) is 17.9 Å². The van der Waals surface area contributed by atoms with Crippen LogP contribution < -0.4 is 10.1 Å². The van der Waals surface area contributed by atoms with Crippen molar-refractivity contribution in [1.82, 2.24) is 15.1 Å². The molecule has 6 nitrogen and oxygen atoms in total. The maximum Gasteiger partial charge on any atom is 0.251 e. The summed E-state index contributed by atoms with van der Waals surface area (Å²) in [5, 5.41) is 7.22. The molecule has 0 aliphatic carbocycles. The summed E-state index contributed by atoms with van der Waals surface area (Å²) in [6.45, 7) is 3.24. The Morgan fingerprint density at radius 3 is 3.04 bits per heavy atom. The average molecular weight is 329 g/mol. The first-order chi connectivity index (χ1) is 11.6. The minimum atomic E-state index is -0.0925. The van der Waals surface area contributed by atoms with Crippen LogP contribution in [-0.2, 0) is 11.8 Å². The SMILES string of the molecule is COc1cc(C(=O)NC[C@@H]2CCO[C@H]2c2cnn(C)c2)ccc1C. The highest BCUT2D eigenvalue weighted by Gasteiger charge is 2.30. The fraction of sp³-hybridized carbons (Fsp3) is 0.444. The monoisotopic (exact) mass is 329 g/mol. The summed E-state index contributed by atoms with van der Waals surface area (Å²) in [5.41, 5.74) is 2.68. The maximum absolute atomic E-state index is 12.4. The molecule has 0 spiro atoms. The maximum atomic E-state index is 12.4. The van der Waals surface area contributed by atoms with Gasteiger partial charge in [0.1, 0.15) is 5.75 Å². The van der Waals surface area contributed by atoms with E-state index in [0.29, 0.717) is 18.7 Å². The summed E-state index contributed by atoms with van der Waals surface area (Å²) in [6, 6.07) is 5.48. The zero-order valence-electron chi connectivity index (χ0n) is 14.3. The number of methoxy groups -OCH3 is 1. The van der Waals surface area contributed by atoms with E-state index in [9.17, 15) is 4.79 Å². The molecule has 0 bridgehead atoms. The van der Waals surface area contributed by atoms with Gasteiger partial charge in [-0.3, -0.25) is 9.48 Å². The summed E-state index contributed by atoms with van der Waals surface area (Å²) in [5.74, 6) is 0.885. The molecular formula is C18H23N3O3. The van der Waals surface area contributed by atoms with Crippen LogP contribution in [0.4, 0.5) is 0 Å². The Hall–Kier alpha value is -2.34. The molecule has 1 aromatic heterocycles. The third-order valence-corrected chi connectivity index (χ3v) is 4.46. The van der Waals surface area contributed by atoms with Gasteiger partial charge in [-0.05, 0) is 31.0 Å². The number of carbonyl (C=O) groups excluding carboxylic acids is 1. The molecule has 24 heavy (non-hydrogen) atoms. The molecule has 1 N–H and O–H groups in total. The second kappa shape index (κ2) is 7.05. The molecule has 1 aliphatic heterocycles. The van der Waals surface area contributed by atoms with E-state index in [4.69, 9.17) is 9.47 Å². The van der Waals surface area contributed by atoms with Gasteiger partial charge in [0.05, 0.1) is 19.4 Å². The number of amides is 1. The predicted octanol–water partition coefficient (Wildman–Crippen LogP) is 2.24. The largest absolute Gasteiger partial charge is 0.496 e. The number of ether oxygens (including phenoxy) is 2. The van der Waals surface area contributed by atoms with Gasteiger partial charge < -0.3 is 14.8 Å². The van der Waals surface area contributed by atoms with E-state index in [0.717, 1.165) is 23.3 Å². The van der Waals surface area contributed by atoms with Crippen LogP contribution in [0, 0.1) is 12.8 Å². The minimum absolute atomic E-state index is 0.00782. The molecule has 1 fully saturated rings. The molecule has 128 valence electrons. The number of hydrogen-bond donors (Lipinski definition) is 1. The van der Waals surface area contributed by atoms with E-state index in [-0.39, 0.29) is 17.9 Å². The van der Waals surface area contributed by atoms with Gasteiger partial charge in [0.15, 0.2) is 0 Å². The number of nitrogens with one attached hydrogen (secondary N) is 1. The van der Waals surface area contributed by atoms with E-state index < -0.39 is 0 Å². The lowest BCUT2D eigenvalue weighted by Crippen LogP contribution is -2.30. The lowest BCUT2D eigenvalue weighted by molar-refractivity contribution is 0.0846. The standard InChI is InChI=1S/C18H23N3O3/c1-12-4-5-13(8-16(12)23-3)18(22)19-9-14-6-7-24-17(14)15-10-20-21(2)11-15/h4-5,8,10-11,14,17H,6-7,9H2,1-3H3,(H,19,22)/t14-,17+/m0/s1. The minimum Gasteiger partial charge on any atom is -0.496 e. The Kier molecular flexibility index (Phi) is 4.85. The van der Waals surface area contributed by atoms with Crippen molar-refractivity contribution in [2.75, 3.05) is 20.3 Å². The van der Waals surface area contributed by atoms with Crippen molar-refractivity contribution in [2.24, 2.45) is 13.0 Å². The first kappa shape index (κ1) is 16.5. The summed E-state index contributed by atoms with van der Waals surface area (Å²) in [4.78, 5) is 12.4. The third kappa shape index (κ3) is 3.43. The Morgan fingerprint density at radius 1 is 1.50 bits per heavy atom. The lowest BCUT2D eigenvalue weighted by atomic mass is 9.97. The highest BCUT2D eigenvalue weighted by atomic mass is 16.5. The van der Waals surface area contributed by atoms with Crippen LogP contribution >= 0.6 is 0 Å². The number of benzene rings is 1. The summed E-state index contributed by atoms with van der Waals surface area (Å²) in [7, 11) is 3.50. The second-order valence-electron chi connectivity index (χ2n) is 6.18. The second-order valence-corrected chi connectivity index (χ2v) is 6.18. The number of aryl methyl sites for hydroxylation is 2. The van der Waals surface area contributed by atoms with E-state index in [2.05, 4.69) is 10.4 Å². The van der Waals surface area contributed by atoms with Gasteiger partial charge in [0, 0.05) is 43.4 Å². The highest BCUT2D eigenvalue weighted by molar-refractivity contribution is 5.94. The van der Waals surface area contributed by atoms with Crippen molar-refractivity contribution >= 4 is 5.91 Å². The van der Waals surface area contributed by atoms with E-state index >= 15 is 0 Å². The first-order valence-electron chi connectivity index (χ1n) is 8.11. The van der Waals surface area contributed by atoms with Crippen LogP contribution in [0.25, 0.3) is 0 Å². The zero-order valence-corrected chi connectivity index (χ0v) is 14.3. The van der Waals surface area contributed by atoms with Crippen LogP contribution in [0.15, 0.2) is 30.6 Å². The van der Waals surface area contributed by atoms with Gasteiger partial charge in [-0.1, -0.05) is 6.07 Å². The van der Waals surface area contributed by atoms with Crippen LogP contribution in [-0.4, -0.2) is 35.9 Å². The molecule has 1 aromatic carbocycles. The fourth-order valence-electron chi connectivity index (χ4n) is 3.09. The van der Waals surface area contributed by atoms with Gasteiger partial charge in [0.25, 0.3) is 5.91 Å². The van der Waals surface area contributed by atoms with Crippen molar-refractivity contribution in [3.63, 3.8) is 0 Å². The molecular weight excluding hydrogens is 306 g/mol. The van der Waals surface area contributed by atoms with Gasteiger partial charge in [-0.25, -0.2) is 0 Å². The Balaban J connectivity index is 1.63. The quantitative estimate of drug-likeness (QED) is 0.914. The van der Waals surface area contributed by atoms with Crippen LogP contribution in [0.1, 0.15) is 34.0 Å². The number of carbonyl (C=O) groups is 1. The van der Waals surface area contributed by atoms with Crippen molar-refractivity contribution in [3.05, 3.63) is 47.3 Å². The molecule has 6 heteroatoms. The normalized spacial score (nSPS) is 20.1. The van der Waals surface area contributed by atoms with Crippen molar-refractivity contribution < 1.29 is 14.3 Å². The smallest absolute Gasteiger partial charge is 0.251 e. The Bertz CT molecular complexity index is 726. The summed E-state index contributed by atoms with van der Waals surface area (Å²) < 4.78 is 12.9. The predicted molar refractivity (Wildman–Crippen MR) is 90.1 cm³/mol. The van der Waals surface area contributed by atoms with Gasteiger partial charge in [0.2, 0.25) is 0 Å². The van der Waals surface area contributed by atoms with Crippen molar-refractivity contribution in [1.29, 1.82) is 0 Å². The molecule has 1 aliphatic rings. The van der Waals surface area contributed by atoms with Crippen molar-refractivity contribution in [2.45, 2.75) is 19.4 Å². The van der Waals surface area contributed by atoms with Gasteiger partial charge in [-0.2, -0.15) is 5.10 Å². The lowest BCUT2D eigenvalue weighted by Gasteiger charge is -2.18. The fourth-order valence-corrected chi connectivity index (χ4v) is 3.09. The molecule has 2 heterocycles. The number of hydrogen-bond acceptors (Lipinski definition) is 4. The summed E-state index contributed by atoms with van der Waals surface area (Å²) in [6.07, 6.45) is 4.72. The molecule has 0 radical (unpaired) electrons. The first-order valence-corrected chi connectivity index (χ1v) is 8.11. The molecule has 1 amide bonds. The topological polar surface area (TPSA) is 65.4 Å². The molecule has 0 saturated carbocycles. The molecule has 2 atom stereocenters. The van der Waals surface area contributed by atoms with E-state index in [1.807, 2.05) is 38.5 Å². The van der Waals surface area contributed by atoms with Crippen molar-refractivity contribution in [3.8, 4) is 5.75 Å². The van der Waals surface area contributed by atoms with Gasteiger partial charge >= 0.3 is 0 Å². The summed E-state index contributed by atoms with van der Waals surface area (Å²) >= 11 is 0. The number of rotatable bonds is 5.